The molecule has 13 heavy (non-hydrogen) atoms. The van der Waals surface area contributed by atoms with Gasteiger partial charge in [0, 0.05) is 12.6 Å². The van der Waals surface area contributed by atoms with Crippen LogP contribution >= 0.6 is 0 Å². The first kappa shape index (κ1) is 8.52. The molecular weight excluding hydrogens is 166 g/mol. The number of nitrogens with zero attached hydrogens (tertiary/aromatic N) is 1. The van der Waals surface area contributed by atoms with Crippen molar-refractivity contribution in [3.8, 4) is 6.07 Å². The highest BCUT2D eigenvalue weighted by Crippen LogP contribution is 2.27. The lowest BCUT2D eigenvalue weighted by Gasteiger charge is -2.00. The zero-order chi connectivity index (χ0) is 9.26. The molecule has 2 fully saturated rings. The summed E-state index contributed by atoms with van der Waals surface area (Å²) in [7, 11) is 0. The minimum atomic E-state index is -0.0987. The molecule has 1 saturated heterocycles. The van der Waals surface area contributed by atoms with Crippen molar-refractivity contribution in [2.45, 2.75) is 31.3 Å². The number of hydrogen-bond acceptors (Lipinski definition) is 3. The summed E-state index contributed by atoms with van der Waals surface area (Å²) in [6.07, 6.45) is 2.93. The molecule has 1 aliphatic heterocycles. The van der Waals surface area contributed by atoms with E-state index in [-0.39, 0.29) is 18.0 Å². The van der Waals surface area contributed by atoms with E-state index in [0.717, 1.165) is 12.5 Å². The number of hydrogen-bond donors (Lipinski definition) is 2. The molecule has 0 bridgehead atoms. The van der Waals surface area contributed by atoms with Crippen molar-refractivity contribution in [2.75, 3.05) is 6.54 Å². The van der Waals surface area contributed by atoms with E-state index in [4.69, 9.17) is 5.26 Å². The lowest BCUT2D eigenvalue weighted by atomic mass is 10.2. The van der Waals surface area contributed by atoms with E-state index < -0.39 is 0 Å². The van der Waals surface area contributed by atoms with Crippen molar-refractivity contribution in [1.82, 2.24) is 10.6 Å². The molecule has 2 aliphatic rings. The van der Waals surface area contributed by atoms with Gasteiger partial charge < -0.3 is 5.32 Å². The fourth-order valence-corrected chi connectivity index (χ4v) is 1.39. The van der Waals surface area contributed by atoms with Crippen LogP contribution in [0.4, 0.5) is 0 Å². The fraction of sp³-hybridized carbons (Fsp3) is 0.778. The number of amides is 1. The molecule has 0 radical (unpaired) electrons. The number of nitriles is 1. The minimum Gasteiger partial charge on any atom is -0.354 e. The standard InChI is InChI=1S/C9H13N3O/c10-4-3-7-8(12-7)9(13)11-5-6-1-2-6/h6-8,12H,1-3,5H2,(H,11,13). The monoisotopic (exact) mass is 179 g/mol. The maximum Gasteiger partial charge on any atom is 0.238 e. The maximum absolute atomic E-state index is 11.3. The summed E-state index contributed by atoms with van der Waals surface area (Å²) in [5, 5.41) is 14.2. The molecule has 0 aromatic heterocycles. The van der Waals surface area contributed by atoms with Crippen LogP contribution in [0.3, 0.4) is 0 Å². The molecule has 2 rings (SSSR count). The molecule has 1 saturated carbocycles. The highest BCUT2D eigenvalue weighted by molar-refractivity contribution is 5.85. The van der Waals surface area contributed by atoms with Gasteiger partial charge in [-0.3, -0.25) is 10.1 Å². The van der Waals surface area contributed by atoms with Crippen molar-refractivity contribution >= 4 is 5.91 Å². The third kappa shape index (κ3) is 2.19. The highest BCUT2D eigenvalue weighted by Gasteiger charge is 2.42. The van der Waals surface area contributed by atoms with E-state index in [0.29, 0.717) is 6.42 Å². The van der Waals surface area contributed by atoms with E-state index in [1.54, 1.807) is 0 Å². The lowest BCUT2D eigenvalue weighted by Crippen LogP contribution is -2.31. The first-order valence-electron chi connectivity index (χ1n) is 4.72. The van der Waals surface area contributed by atoms with Crippen molar-refractivity contribution in [3.63, 3.8) is 0 Å². The Labute approximate surface area is 77.3 Å². The van der Waals surface area contributed by atoms with Crippen molar-refractivity contribution in [2.24, 2.45) is 5.92 Å². The average Bonchev–Trinajstić information content (AvgIpc) is 2.96. The van der Waals surface area contributed by atoms with Crippen LogP contribution in [0.1, 0.15) is 19.3 Å². The van der Waals surface area contributed by atoms with Gasteiger partial charge in [-0.2, -0.15) is 5.26 Å². The molecule has 0 aromatic carbocycles. The normalized spacial score (nSPS) is 30.7. The van der Waals surface area contributed by atoms with Crippen molar-refractivity contribution in [1.29, 1.82) is 5.26 Å². The van der Waals surface area contributed by atoms with Gasteiger partial charge in [0.1, 0.15) is 6.04 Å². The number of carbonyl (C=O) groups excluding carboxylic acids is 1. The Kier molecular flexibility index (Phi) is 2.19. The zero-order valence-electron chi connectivity index (χ0n) is 7.42. The summed E-state index contributed by atoms with van der Waals surface area (Å²) < 4.78 is 0. The third-order valence-corrected chi connectivity index (χ3v) is 2.54. The summed E-state index contributed by atoms with van der Waals surface area (Å²) in [5.74, 6) is 0.782. The van der Waals surface area contributed by atoms with Gasteiger partial charge in [-0.1, -0.05) is 0 Å². The summed E-state index contributed by atoms with van der Waals surface area (Å²) in [6, 6.07) is 2.05. The Bertz CT molecular complexity index is 254. The SMILES string of the molecule is N#CCC1NC1C(=O)NCC1CC1. The molecule has 4 heteroatoms. The van der Waals surface area contributed by atoms with Crippen LogP contribution in [0.15, 0.2) is 0 Å². The first-order chi connectivity index (χ1) is 6.31. The molecule has 2 unspecified atom stereocenters. The van der Waals surface area contributed by atoms with Crippen LogP contribution in [0.5, 0.6) is 0 Å². The van der Waals surface area contributed by atoms with Gasteiger partial charge in [0.25, 0.3) is 0 Å². The maximum atomic E-state index is 11.3. The number of carbonyl (C=O) groups is 1. The minimum absolute atomic E-state index is 0.0622. The molecule has 1 heterocycles. The van der Waals surface area contributed by atoms with E-state index in [2.05, 4.69) is 10.6 Å². The summed E-state index contributed by atoms with van der Waals surface area (Å²) in [4.78, 5) is 11.3. The predicted octanol–water partition coefficient (Wildman–Crippen LogP) is -0.233. The van der Waals surface area contributed by atoms with Crippen molar-refractivity contribution in [3.05, 3.63) is 0 Å². The Hall–Kier alpha value is -1.08. The topological polar surface area (TPSA) is 74.8 Å². The largest absolute Gasteiger partial charge is 0.354 e. The molecule has 70 valence electrons. The molecule has 2 atom stereocenters. The molecule has 1 amide bonds. The predicted molar refractivity (Wildman–Crippen MR) is 46.7 cm³/mol. The van der Waals surface area contributed by atoms with Crippen LogP contribution in [0, 0.1) is 17.2 Å². The Morgan fingerprint density at radius 2 is 2.38 bits per heavy atom. The van der Waals surface area contributed by atoms with Gasteiger partial charge in [0.05, 0.1) is 12.5 Å². The Morgan fingerprint density at radius 1 is 1.62 bits per heavy atom. The Balaban J connectivity index is 1.64. The van der Waals surface area contributed by atoms with E-state index in [1.807, 2.05) is 6.07 Å². The van der Waals surface area contributed by atoms with Crippen LogP contribution in [0.2, 0.25) is 0 Å². The van der Waals surface area contributed by atoms with Crippen LogP contribution < -0.4 is 10.6 Å². The molecule has 4 nitrogen and oxygen atoms in total. The smallest absolute Gasteiger partial charge is 0.238 e. The molecule has 0 spiro atoms. The highest BCUT2D eigenvalue weighted by atomic mass is 16.2. The van der Waals surface area contributed by atoms with Gasteiger partial charge in [0.15, 0.2) is 0 Å². The summed E-state index contributed by atoms with van der Waals surface area (Å²) in [6.45, 7) is 0.816. The second kappa shape index (κ2) is 3.35. The molecule has 0 aromatic rings. The molecular formula is C9H13N3O. The second-order valence-electron chi connectivity index (χ2n) is 3.80. The quantitative estimate of drug-likeness (QED) is 0.585. The average molecular weight is 179 g/mol. The lowest BCUT2D eigenvalue weighted by molar-refractivity contribution is -0.120. The van der Waals surface area contributed by atoms with Crippen molar-refractivity contribution < 1.29 is 4.79 Å². The fourth-order valence-electron chi connectivity index (χ4n) is 1.39. The Morgan fingerprint density at radius 3 is 3.00 bits per heavy atom. The van der Waals surface area contributed by atoms with Crippen LogP contribution in [0.25, 0.3) is 0 Å². The molecule has 2 N–H and O–H groups in total. The first-order valence-corrected chi connectivity index (χ1v) is 4.72. The number of nitrogens with one attached hydrogen (secondary N) is 2. The van der Waals surface area contributed by atoms with Gasteiger partial charge in [0.2, 0.25) is 5.91 Å². The summed E-state index contributed by atoms with van der Waals surface area (Å²) >= 11 is 0. The van der Waals surface area contributed by atoms with Gasteiger partial charge >= 0.3 is 0 Å². The van der Waals surface area contributed by atoms with Crippen LogP contribution in [-0.2, 0) is 4.79 Å². The second-order valence-corrected chi connectivity index (χ2v) is 3.80. The van der Waals surface area contributed by atoms with E-state index >= 15 is 0 Å². The zero-order valence-corrected chi connectivity index (χ0v) is 7.42. The van der Waals surface area contributed by atoms with Gasteiger partial charge in [-0.25, -0.2) is 0 Å². The van der Waals surface area contributed by atoms with Gasteiger partial charge in [-0.15, -0.1) is 0 Å². The van der Waals surface area contributed by atoms with E-state index in [1.165, 1.54) is 12.8 Å². The van der Waals surface area contributed by atoms with E-state index in [9.17, 15) is 4.79 Å². The third-order valence-electron chi connectivity index (χ3n) is 2.54. The molecule has 1 aliphatic carbocycles. The number of rotatable bonds is 4. The van der Waals surface area contributed by atoms with Gasteiger partial charge in [-0.05, 0) is 18.8 Å². The summed E-state index contributed by atoms with van der Waals surface area (Å²) in [5.41, 5.74) is 0. The van der Waals surface area contributed by atoms with Crippen LogP contribution in [-0.4, -0.2) is 24.5 Å².